The molecule has 0 fully saturated rings. The fraction of sp³-hybridized carbons (Fsp3) is 0.350. The molecule has 1 aliphatic rings. The highest BCUT2D eigenvalue weighted by Gasteiger charge is 2.16. The highest BCUT2D eigenvalue weighted by atomic mass is 32.1. The molecule has 27 heavy (non-hydrogen) atoms. The van der Waals surface area contributed by atoms with Gasteiger partial charge in [0.25, 0.3) is 11.8 Å². The maximum absolute atomic E-state index is 12.4. The van der Waals surface area contributed by atoms with Crippen LogP contribution in [-0.2, 0) is 17.6 Å². The molecule has 0 saturated carbocycles. The Kier molecular flexibility index (Phi) is 6.24. The van der Waals surface area contributed by atoms with Gasteiger partial charge in [0, 0.05) is 4.88 Å². The van der Waals surface area contributed by atoms with Gasteiger partial charge in [0.15, 0.2) is 6.61 Å². The van der Waals surface area contributed by atoms with Crippen LogP contribution in [0, 0.1) is 0 Å². The van der Waals surface area contributed by atoms with Gasteiger partial charge in [0.05, 0.1) is 10.6 Å². The summed E-state index contributed by atoms with van der Waals surface area (Å²) < 4.78 is 5.22. The number of hydrogen-bond acceptors (Lipinski definition) is 5. The van der Waals surface area contributed by atoms with E-state index in [1.54, 1.807) is 23.5 Å². The molecule has 1 aromatic carbocycles. The summed E-state index contributed by atoms with van der Waals surface area (Å²) in [4.78, 5) is 25.2. The predicted molar refractivity (Wildman–Crippen MR) is 106 cm³/mol. The molecular formula is C20H23N3O3S. The van der Waals surface area contributed by atoms with Crippen LogP contribution in [0.15, 0.2) is 35.4 Å². The molecule has 3 N–H and O–H groups in total. The van der Waals surface area contributed by atoms with Crippen molar-refractivity contribution in [2.24, 2.45) is 10.8 Å². The number of ether oxygens (including phenoxy) is 1. The van der Waals surface area contributed by atoms with Crippen molar-refractivity contribution in [3.8, 4) is 5.75 Å². The summed E-state index contributed by atoms with van der Waals surface area (Å²) in [6.45, 7) is 1.66. The first-order chi connectivity index (χ1) is 13.0. The number of hydrazone groups is 1. The van der Waals surface area contributed by atoms with Gasteiger partial charge >= 0.3 is 0 Å². The summed E-state index contributed by atoms with van der Waals surface area (Å²) in [5.41, 5.74) is 10.5. The van der Waals surface area contributed by atoms with E-state index in [4.69, 9.17) is 10.5 Å². The molecule has 3 rings (SSSR count). The lowest BCUT2D eigenvalue weighted by Crippen LogP contribution is -2.20. The first-order valence-corrected chi connectivity index (χ1v) is 9.82. The number of benzene rings is 1. The van der Waals surface area contributed by atoms with Crippen LogP contribution in [0.2, 0.25) is 0 Å². The van der Waals surface area contributed by atoms with Crippen LogP contribution in [0.4, 0.5) is 0 Å². The molecule has 0 aliphatic heterocycles. The molecule has 142 valence electrons. The van der Waals surface area contributed by atoms with Crippen molar-refractivity contribution in [2.75, 3.05) is 6.61 Å². The molecule has 1 aromatic heterocycles. The normalized spacial score (nSPS) is 14.2. The second-order valence-corrected chi connectivity index (χ2v) is 7.67. The number of rotatable bonds is 6. The first-order valence-electron chi connectivity index (χ1n) is 9.00. The van der Waals surface area contributed by atoms with Gasteiger partial charge in [0.2, 0.25) is 0 Å². The summed E-state index contributed by atoms with van der Waals surface area (Å²) >= 11 is 1.58. The van der Waals surface area contributed by atoms with Gasteiger partial charge in [-0.3, -0.25) is 9.59 Å². The van der Waals surface area contributed by atoms with Crippen LogP contribution in [0.3, 0.4) is 0 Å². The van der Waals surface area contributed by atoms with Crippen molar-refractivity contribution in [1.82, 2.24) is 5.43 Å². The van der Waals surface area contributed by atoms with E-state index in [9.17, 15) is 9.59 Å². The van der Waals surface area contributed by atoms with Crippen molar-refractivity contribution in [3.63, 3.8) is 0 Å². The molecule has 1 aliphatic carbocycles. The second kappa shape index (κ2) is 8.81. The van der Waals surface area contributed by atoms with Gasteiger partial charge in [-0.1, -0.05) is 6.42 Å². The van der Waals surface area contributed by atoms with Crippen LogP contribution in [-0.4, -0.2) is 24.1 Å². The van der Waals surface area contributed by atoms with E-state index in [1.165, 1.54) is 29.7 Å². The first kappa shape index (κ1) is 19.1. The lowest BCUT2D eigenvalue weighted by molar-refractivity contribution is -0.119. The standard InChI is InChI=1S/C20H23N3O3S/c1-13(14-7-9-16(10-8-14)26-12-19(21)24)22-23-20(25)18-11-15-5-3-2-4-6-17(15)27-18/h7-11H,2-6,12H2,1H3,(H2,21,24)(H,23,25)/b22-13+. The van der Waals surface area contributed by atoms with Crippen molar-refractivity contribution in [1.29, 1.82) is 0 Å². The second-order valence-electron chi connectivity index (χ2n) is 6.54. The summed E-state index contributed by atoms with van der Waals surface area (Å²) in [7, 11) is 0. The fourth-order valence-electron chi connectivity index (χ4n) is 2.98. The molecule has 0 unspecified atom stereocenters. The van der Waals surface area contributed by atoms with Crippen LogP contribution in [0.5, 0.6) is 5.75 Å². The molecular weight excluding hydrogens is 362 g/mol. The number of fused-ring (bicyclic) bond motifs is 1. The van der Waals surface area contributed by atoms with E-state index in [2.05, 4.69) is 10.5 Å². The summed E-state index contributed by atoms with van der Waals surface area (Å²) in [6.07, 6.45) is 5.79. The number of amides is 2. The topological polar surface area (TPSA) is 93.8 Å². The van der Waals surface area contributed by atoms with Crippen LogP contribution >= 0.6 is 11.3 Å². The minimum Gasteiger partial charge on any atom is -0.484 e. The molecule has 7 heteroatoms. The minimum atomic E-state index is -0.523. The molecule has 2 aromatic rings. The number of aryl methyl sites for hydroxylation is 2. The van der Waals surface area contributed by atoms with Gasteiger partial charge < -0.3 is 10.5 Å². The van der Waals surface area contributed by atoms with Crippen molar-refractivity contribution >= 4 is 28.9 Å². The molecule has 0 atom stereocenters. The summed E-state index contributed by atoms with van der Waals surface area (Å²) in [5.74, 6) is -0.145. The lowest BCUT2D eigenvalue weighted by Gasteiger charge is -2.05. The Morgan fingerprint density at radius 1 is 1.19 bits per heavy atom. The quantitative estimate of drug-likeness (QED) is 0.455. The largest absolute Gasteiger partial charge is 0.484 e. The van der Waals surface area contributed by atoms with Crippen LogP contribution in [0.25, 0.3) is 0 Å². The fourth-order valence-corrected chi connectivity index (χ4v) is 4.12. The molecule has 0 spiro atoms. The molecule has 0 saturated heterocycles. The Labute approximate surface area is 162 Å². The Hall–Kier alpha value is -2.67. The van der Waals surface area contributed by atoms with Gasteiger partial charge in [-0.05, 0) is 74.1 Å². The number of nitrogens with zero attached hydrogens (tertiary/aromatic N) is 1. The number of nitrogens with one attached hydrogen (secondary N) is 1. The van der Waals surface area contributed by atoms with E-state index in [0.717, 1.165) is 18.4 Å². The SMILES string of the molecule is C/C(=N\NC(=O)c1cc2c(s1)CCCCC2)c1ccc(OCC(N)=O)cc1. The number of carbonyl (C=O) groups excluding carboxylic acids is 2. The number of thiophene rings is 1. The minimum absolute atomic E-state index is 0.159. The van der Waals surface area contributed by atoms with Crippen LogP contribution in [0.1, 0.15) is 51.9 Å². The number of carbonyl (C=O) groups is 2. The van der Waals surface area contributed by atoms with Crippen molar-refractivity contribution in [2.45, 2.75) is 39.0 Å². The molecule has 6 nitrogen and oxygen atoms in total. The average Bonchev–Trinajstić information content (AvgIpc) is 2.95. The smallest absolute Gasteiger partial charge is 0.281 e. The zero-order chi connectivity index (χ0) is 19.2. The van der Waals surface area contributed by atoms with E-state index in [-0.39, 0.29) is 12.5 Å². The van der Waals surface area contributed by atoms with E-state index < -0.39 is 5.91 Å². The van der Waals surface area contributed by atoms with Gasteiger partial charge in [0.1, 0.15) is 5.75 Å². The highest BCUT2D eigenvalue weighted by molar-refractivity contribution is 7.14. The number of hydrogen-bond donors (Lipinski definition) is 2. The molecule has 0 radical (unpaired) electrons. The van der Waals surface area contributed by atoms with E-state index >= 15 is 0 Å². The third kappa shape index (κ3) is 5.17. The Morgan fingerprint density at radius 3 is 2.67 bits per heavy atom. The predicted octanol–water partition coefficient (Wildman–Crippen LogP) is 3.04. The summed E-state index contributed by atoms with van der Waals surface area (Å²) in [5, 5.41) is 4.21. The highest BCUT2D eigenvalue weighted by Crippen LogP contribution is 2.28. The maximum Gasteiger partial charge on any atom is 0.281 e. The van der Waals surface area contributed by atoms with E-state index in [0.29, 0.717) is 16.3 Å². The molecule has 1 heterocycles. The zero-order valence-corrected chi connectivity index (χ0v) is 16.1. The molecule has 2 amide bonds. The van der Waals surface area contributed by atoms with Crippen LogP contribution < -0.4 is 15.9 Å². The van der Waals surface area contributed by atoms with Gasteiger partial charge in [-0.2, -0.15) is 5.10 Å². The number of primary amides is 1. The third-order valence-corrected chi connectivity index (χ3v) is 5.68. The van der Waals surface area contributed by atoms with Gasteiger partial charge in [-0.25, -0.2) is 5.43 Å². The van der Waals surface area contributed by atoms with E-state index in [1.807, 2.05) is 25.1 Å². The Morgan fingerprint density at radius 2 is 1.93 bits per heavy atom. The maximum atomic E-state index is 12.4. The lowest BCUT2D eigenvalue weighted by atomic mass is 10.1. The molecule has 0 bridgehead atoms. The number of nitrogens with two attached hydrogens (primary N) is 1. The monoisotopic (exact) mass is 385 g/mol. The van der Waals surface area contributed by atoms with Crippen molar-refractivity contribution < 1.29 is 14.3 Å². The zero-order valence-electron chi connectivity index (χ0n) is 15.3. The van der Waals surface area contributed by atoms with Crippen molar-refractivity contribution in [3.05, 3.63) is 51.2 Å². The Bertz CT molecular complexity index is 832. The van der Waals surface area contributed by atoms with Gasteiger partial charge in [-0.15, -0.1) is 11.3 Å². The average molecular weight is 385 g/mol. The Balaban J connectivity index is 1.61. The third-order valence-electron chi connectivity index (χ3n) is 4.45. The summed E-state index contributed by atoms with van der Waals surface area (Å²) in [6, 6.07) is 9.10.